The molecule has 19 heavy (non-hydrogen) atoms. The van der Waals surface area contributed by atoms with Crippen LogP contribution in [0, 0.1) is 6.92 Å². The van der Waals surface area contributed by atoms with Crippen LogP contribution in [0.1, 0.15) is 22.9 Å². The molecular weight excluding hydrogens is 256 g/mol. The normalized spacial score (nSPS) is 11.1. The van der Waals surface area contributed by atoms with Crippen LogP contribution in [-0.4, -0.2) is 14.6 Å². The van der Waals surface area contributed by atoms with E-state index < -0.39 is 0 Å². The minimum Gasteiger partial charge on any atom is -0.348 e. The molecule has 5 heteroatoms. The summed E-state index contributed by atoms with van der Waals surface area (Å²) in [6.45, 7) is 5.02. The molecule has 98 valence electrons. The second-order valence-corrected chi connectivity index (χ2v) is 5.52. The van der Waals surface area contributed by atoms with Crippen LogP contribution in [0.3, 0.4) is 0 Å². The zero-order chi connectivity index (χ0) is 13.2. The summed E-state index contributed by atoms with van der Waals surface area (Å²) in [7, 11) is 0. The van der Waals surface area contributed by atoms with E-state index in [2.05, 4.69) is 40.7 Å². The highest BCUT2D eigenvalue weighted by Gasteiger charge is 2.06. The van der Waals surface area contributed by atoms with E-state index in [4.69, 9.17) is 0 Å². The number of aryl methyl sites for hydroxylation is 2. The molecule has 0 unspecified atom stereocenters. The van der Waals surface area contributed by atoms with Crippen molar-refractivity contribution in [3.05, 3.63) is 45.8 Å². The lowest BCUT2D eigenvalue weighted by atomic mass is 10.2. The van der Waals surface area contributed by atoms with Crippen LogP contribution in [0.25, 0.3) is 5.65 Å². The van der Waals surface area contributed by atoms with Crippen molar-refractivity contribution in [1.29, 1.82) is 0 Å². The maximum atomic E-state index is 4.47. The Bertz CT molecular complexity index is 698. The summed E-state index contributed by atoms with van der Waals surface area (Å²) in [6.07, 6.45) is 3.00. The summed E-state index contributed by atoms with van der Waals surface area (Å²) in [5, 5.41) is 9.84. The topological polar surface area (TPSA) is 42.2 Å². The Morgan fingerprint density at radius 1 is 1.37 bits per heavy atom. The molecule has 4 nitrogen and oxygen atoms in total. The Balaban J connectivity index is 1.78. The number of rotatable bonds is 4. The van der Waals surface area contributed by atoms with E-state index in [1.807, 2.05) is 18.3 Å². The van der Waals surface area contributed by atoms with Gasteiger partial charge in [-0.15, -0.1) is 16.4 Å². The minimum atomic E-state index is 0.682. The first-order valence-electron chi connectivity index (χ1n) is 6.38. The molecule has 0 aliphatic heterocycles. The van der Waals surface area contributed by atoms with Crippen LogP contribution in [0.4, 0.5) is 5.95 Å². The molecule has 0 atom stereocenters. The largest absolute Gasteiger partial charge is 0.348 e. The molecule has 0 fully saturated rings. The van der Waals surface area contributed by atoms with Crippen LogP contribution >= 0.6 is 11.3 Å². The molecular formula is C14H16N4S. The predicted octanol–water partition coefficient (Wildman–Crippen LogP) is 3.27. The molecule has 3 rings (SSSR count). The Kier molecular flexibility index (Phi) is 3.21. The van der Waals surface area contributed by atoms with Gasteiger partial charge in [-0.05, 0) is 48.1 Å². The van der Waals surface area contributed by atoms with Crippen molar-refractivity contribution in [1.82, 2.24) is 14.6 Å². The Labute approximate surface area is 116 Å². The van der Waals surface area contributed by atoms with Gasteiger partial charge in [0.25, 0.3) is 0 Å². The number of hydrogen-bond donors (Lipinski definition) is 1. The Morgan fingerprint density at radius 3 is 3.11 bits per heavy atom. The molecule has 0 radical (unpaired) electrons. The van der Waals surface area contributed by atoms with Crippen molar-refractivity contribution in [3.63, 3.8) is 0 Å². The van der Waals surface area contributed by atoms with Gasteiger partial charge in [-0.25, -0.2) is 4.52 Å². The third-order valence-electron chi connectivity index (χ3n) is 3.12. The van der Waals surface area contributed by atoms with Crippen LogP contribution in [0.15, 0.2) is 29.8 Å². The zero-order valence-electron chi connectivity index (χ0n) is 11.1. The maximum absolute atomic E-state index is 4.47. The van der Waals surface area contributed by atoms with E-state index in [0.717, 1.165) is 18.6 Å². The van der Waals surface area contributed by atoms with E-state index >= 15 is 0 Å². The number of aromatic nitrogens is 3. The average molecular weight is 272 g/mol. The van der Waals surface area contributed by atoms with E-state index in [1.54, 1.807) is 15.9 Å². The lowest BCUT2D eigenvalue weighted by Gasteiger charge is -2.01. The molecule has 0 aromatic carbocycles. The van der Waals surface area contributed by atoms with E-state index in [1.165, 1.54) is 16.0 Å². The van der Waals surface area contributed by atoms with Crippen molar-refractivity contribution in [2.24, 2.45) is 0 Å². The predicted molar refractivity (Wildman–Crippen MR) is 78.7 cm³/mol. The van der Waals surface area contributed by atoms with Crippen molar-refractivity contribution in [2.45, 2.75) is 26.8 Å². The lowest BCUT2D eigenvalue weighted by molar-refractivity contribution is 0.947. The first-order chi connectivity index (χ1) is 9.26. The fourth-order valence-electron chi connectivity index (χ4n) is 2.05. The van der Waals surface area contributed by atoms with Crippen LogP contribution in [-0.2, 0) is 13.0 Å². The van der Waals surface area contributed by atoms with Gasteiger partial charge in [0.1, 0.15) is 0 Å². The third kappa shape index (κ3) is 2.46. The molecule has 0 saturated heterocycles. The van der Waals surface area contributed by atoms with Gasteiger partial charge in [0, 0.05) is 11.1 Å². The molecule has 0 spiro atoms. The van der Waals surface area contributed by atoms with E-state index in [0.29, 0.717) is 5.95 Å². The van der Waals surface area contributed by atoms with Gasteiger partial charge in [-0.2, -0.15) is 4.98 Å². The van der Waals surface area contributed by atoms with Gasteiger partial charge in [0.15, 0.2) is 5.65 Å². The highest BCUT2D eigenvalue weighted by Crippen LogP contribution is 2.18. The van der Waals surface area contributed by atoms with Gasteiger partial charge in [-0.1, -0.05) is 6.92 Å². The first-order valence-corrected chi connectivity index (χ1v) is 7.26. The highest BCUT2D eigenvalue weighted by molar-refractivity contribution is 7.10. The average Bonchev–Trinajstić information content (AvgIpc) is 3.01. The zero-order valence-corrected chi connectivity index (χ0v) is 11.9. The number of pyridine rings is 1. The number of thiophene rings is 1. The molecule has 0 aliphatic carbocycles. The standard InChI is InChI=1S/C14H16N4S/c1-3-11-5-7-19-12(11)9-15-14-16-13-8-10(2)4-6-18(13)17-14/h4-8H,3,9H2,1-2H3,(H,15,17). The van der Waals surface area contributed by atoms with Crippen LogP contribution in [0.2, 0.25) is 0 Å². The summed E-state index contributed by atoms with van der Waals surface area (Å²) in [4.78, 5) is 5.83. The molecule has 3 aromatic rings. The third-order valence-corrected chi connectivity index (χ3v) is 4.08. The molecule has 1 N–H and O–H groups in total. The van der Waals surface area contributed by atoms with Gasteiger partial charge >= 0.3 is 0 Å². The SMILES string of the molecule is CCc1ccsc1CNc1nc2cc(C)ccn2n1. The fraction of sp³-hybridized carbons (Fsp3) is 0.286. The minimum absolute atomic E-state index is 0.682. The molecule has 0 bridgehead atoms. The van der Waals surface area contributed by atoms with Gasteiger partial charge < -0.3 is 5.32 Å². The second kappa shape index (κ2) is 5.01. The Morgan fingerprint density at radius 2 is 2.26 bits per heavy atom. The van der Waals surface area contributed by atoms with Crippen LogP contribution in [0.5, 0.6) is 0 Å². The van der Waals surface area contributed by atoms with Crippen LogP contribution < -0.4 is 5.32 Å². The second-order valence-electron chi connectivity index (χ2n) is 4.52. The summed E-state index contributed by atoms with van der Waals surface area (Å²) < 4.78 is 1.80. The number of nitrogens with zero attached hydrogens (tertiary/aromatic N) is 3. The van der Waals surface area contributed by atoms with Crippen molar-refractivity contribution in [2.75, 3.05) is 5.32 Å². The quantitative estimate of drug-likeness (QED) is 0.792. The summed E-state index contributed by atoms with van der Waals surface area (Å²) >= 11 is 1.78. The van der Waals surface area contributed by atoms with Crippen molar-refractivity contribution < 1.29 is 0 Å². The number of nitrogens with one attached hydrogen (secondary N) is 1. The number of fused-ring (bicyclic) bond motifs is 1. The first kappa shape index (κ1) is 12.2. The lowest BCUT2D eigenvalue weighted by Crippen LogP contribution is -2.01. The van der Waals surface area contributed by atoms with Crippen molar-refractivity contribution >= 4 is 22.9 Å². The van der Waals surface area contributed by atoms with Gasteiger partial charge in [0.2, 0.25) is 5.95 Å². The van der Waals surface area contributed by atoms with E-state index in [-0.39, 0.29) is 0 Å². The summed E-state index contributed by atoms with van der Waals surface area (Å²) in [5.74, 6) is 0.682. The van der Waals surface area contributed by atoms with Gasteiger partial charge in [0.05, 0.1) is 6.54 Å². The monoisotopic (exact) mass is 272 g/mol. The maximum Gasteiger partial charge on any atom is 0.243 e. The molecule has 3 aromatic heterocycles. The molecule has 0 aliphatic rings. The fourth-order valence-corrected chi connectivity index (χ4v) is 2.97. The van der Waals surface area contributed by atoms with Gasteiger partial charge in [-0.3, -0.25) is 0 Å². The summed E-state index contributed by atoms with van der Waals surface area (Å²) in [6, 6.07) is 6.24. The van der Waals surface area contributed by atoms with E-state index in [9.17, 15) is 0 Å². The Hall–Kier alpha value is -1.88. The van der Waals surface area contributed by atoms with Crippen molar-refractivity contribution in [3.8, 4) is 0 Å². The number of anilines is 1. The number of hydrogen-bond acceptors (Lipinski definition) is 4. The molecule has 0 amide bonds. The molecule has 3 heterocycles. The summed E-state index contributed by atoms with van der Waals surface area (Å²) in [5.41, 5.74) is 3.47. The highest BCUT2D eigenvalue weighted by atomic mass is 32.1. The molecule has 0 saturated carbocycles. The smallest absolute Gasteiger partial charge is 0.243 e.